The van der Waals surface area contributed by atoms with Crippen LogP contribution in [-0.4, -0.2) is 25.7 Å². The van der Waals surface area contributed by atoms with Crippen molar-refractivity contribution in [1.82, 2.24) is 0 Å². The summed E-state index contributed by atoms with van der Waals surface area (Å²) in [5.41, 5.74) is 1.40. The van der Waals surface area contributed by atoms with E-state index < -0.39 is 0 Å². The van der Waals surface area contributed by atoms with E-state index in [4.69, 9.17) is 21.8 Å². The van der Waals surface area contributed by atoms with Crippen LogP contribution in [0.3, 0.4) is 0 Å². The average Bonchev–Trinajstić information content (AvgIpc) is 2.57. The summed E-state index contributed by atoms with van der Waals surface area (Å²) in [6, 6.07) is 18.1. The maximum atomic E-state index is 8.76. The fourth-order valence-corrected chi connectivity index (χ4v) is 1.43. The summed E-state index contributed by atoms with van der Waals surface area (Å²) in [4.78, 5) is 0. The third kappa shape index (κ3) is 11.7. The number of rotatable bonds is 3. The van der Waals surface area contributed by atoms with Gasteiger partial charge in [0.25, 0.3) is 0 Å². The van der Waals surface area contributed by atoms with E-state index in [-0.39, 0.29) is 10.1 Å². The summed E-state index contributed by atoms with van der Waals surface area (Å²) in [6.45, 7) is 4.05. The molecular formula is C18H21ClO2S2. The lowest BCUT2D eigenvalue weighted by Gasteiger charge is -1.91. The van der Waals surface area contributed by atoms with E-state index in [1.165, 1.54) is 0 Å². The molecule has 0 radical (unpaired) electrons. The molecule has 0 fully saturated rings. The van der Waals surface area contributed by atoms with Gasteiger partial charge in [-0.1, -0.05) is 67.6 Å². The summed E-state index contributed by atoms with van der Waals surface area (Å²) >= 11 is 14.5. The zero-order valence-corrected chi connectivity index (χ0v) is 15.5. The van der Waals surface area contributed by atoms with Crippen LogP contribution < -0.4 is 0 Å². The van der Waals surface area contributed by atoms with E-state index in [2.05, 4.69) is 31.4 Å². The SMILES string of the molecule is CCC(C)Cl.OC(=S)c1ccccc1.OC(=S)c1ccccc1. The van der Waals surface area contributed by atoms with Crippen LogP contribution in [0, 0.1) is 0 Å². The quantitative estimate of drug-likeness (QED) is 0.525. The molecule has 2 aromatic carbocycles. The largest absolute Gasteiger partial charge is 0.499 e. The standard InChI is InChI=1S/2C7H6OS.C4H9Cl/c2*8-7(9)6-4-2-1-3-5-6;1-3-4(2)5/h2*1-5H,(H,8,9);4H,3H2,1-2H3. The van der Waals surface area contributed by atoms with Crippen LogP contribution in [0.15, 0.2) is 60.7 Å². The number of halogens is 1. The highest BCUT2D eigenvalue weighted by Gasteiger charge is 1.92. The van der Waals surface area contributed by atoms with E-state index in [0.717, 1.165) is 6.42 Å². The summed E-state index contributed by atoms with van der Waals surface area (Å²) in [5.74, 6) is 0. The lowest BCUT2D eigenvalue weighted by Crippen LogP contribution is -1.91. The van der Waals surface area contributed by atoms with E-state index in [0.29, 0.717) is 16.5 Å². The first kappa shape index (κ1) is 21.5. The molecule has 1 unspecified atom stereocenters. The molecule has 23 heavy (non-hydrogen) atoms. The van der Waals surface area contributed by atoms with Crippen molar-refractivity contribution in [2.45, 2.75) is 25.6 Å². The van der Waals surface area contributed by atoms with Gasteiger partial charge in [-0.05, 0) is 37.8 Å². The summed E-state index contributed by atoms with van der Waals surface area (Å²) in [6.07, 6.45) is 1.07. The first-order valence-corrected chi connectivity index (χ1v) is 8.34. The molecule has 0 saturated heterocycles. The highest BCUT2D eigenvalue weighted by atomic mass is 35.5. The van der Waals surface area contributed by atoms with Gasteiger partial charge in [0.1, 0.15) is 0 Å². The summed E-state index contributed by atoms with van der Waals surface area (Å²) < 4.78 is 0. The topological polar surface area (TPSA) is 40.5 Å². The van der Waals surface area contributed by atoms with Gasteiger partial charge in [-0.2, -0.15) is 0 Å². The molecule has 124 valence electrons. The molecule has 0 heterocycles. The number of aliphatic hydroxyl groups is 2. The molecule has 0 spiro atoms. The monoisotopic (exact) mass is 368 g/mol. The molecule has 2 rings (SSSR count). The van der Waals surface area contributed by atoms with E-state index in [1.807, 2.05) is 43.3 Å². The van der Waals surface area contributed by atoms with Crippen molar-refractivity contribution in [3.05, 3.63) is 71.8 Å². The van der Waals surface area contributed by atoms with Crippen LogP contribution in [0.2, 0.25) is 0 Å². The number of alkyl halides is 1. The second kappa shape index (κ2) is 13.0. The maximum Gasteiger partial charge on any atom is 0.188 e. The smallest absolute Gasteiger partial charge is 0.188 e. The molecule has 1 atom stereocenters. The summed E-state index contributed by atoms with van der Waals surface area (Å²) in [5, 5.41) is 17.8. The number of thiocarbonyl (C=S) groups is 2. The fourth-order valence-electron chi connectivity index (χ4n) is 1.16. The maximum absolute atomic E-state index is 8.76. The number of aliphatic hydroxyl groups excluding tert-OH is 2. The van der Waals surface area contributed by atoms with Crippen LogP contribution in [0.4, 0.5) is 0 Å². The Morgan fingerprint density at radius 2 is 1.13 bits per heavy atom. The number of hydrogen-bond acceptors (Lipinski definition) is 2. The van der Waals surface area contributed by atoms with E-state index >= 15 is 0 Å². The van der Waals surface area contributed by atoms with Gasteiger partial charge in [-0.3, -0.25) is 0 Å². The lowest BCUT2D eigenvalue weighted by molar-refractivity contribution is 0.570. The van der Waals surface area contributed by atoms with E-state index in [1.54, 1.807) is 24.3 Å². The van der Waals surface area contributed by atoms with Crippen LogP contribution >= 0.6 is 36.0 Å². The number of hydrogen-bond donors (Lipinski definition) is 2. The van der Waals surface area contributed by atoms with Gasteiger partial charge < -0.3 is 10.2 Å². The molecule has 0 saturated carbocycles. The average molecular weight is 369 g/mol. The van der Waals surface area contributed by atoms with E-state index in [9.17, 15) is 0 Å². The molecule has 0 amide bonds. The van der Waals surface area contributed by atoms with Gasteiger partial charge in [0.2, 0.25) is 0 Å². The first-order chi connectivity index (χ1) is 10.9. The minimum atomic E-state index is -0.0457. The lowest BCUT2D eigenvalue weighted by atomic mass is 10.2. The Morgan fingerprint density at radius 1 is 0.870 bits per heavy atom. The highest BCUT2D eigenvalue weighted by Crippen LogP contribution is 1.98. The second-order valence-electron chi connectivity index (χ2n) is 4.53. The predicted octanol–water partition coefficient (Wildman–Crippen LogP) is 5.86. The Hall–Kier alpha value is -1.49. The number of benzene rings is 2. The van der Waals surface area contributed by atoms with Gasteiger partial charge in [-0.25, -0.2) is 0 Å². The Kier molecular flexibility index (Phi) is 12.2. The van der Waals surface area contributed by atoms with Crippen LogP contribution in [0.5, 0.6) is 0 Å². The van der Waals surface area contributed by atoms with Crippen molar-refractivity contribution in [3.8, 4) is 0 Å². The van der Waals surface area contributed by atoms with Crippen molar-refractivity contribution < 1.29 is 10.2 Å². The molecule has 5 heteroatoms. The van der Waals surface area contributed by atoms with Gasteiger partial charge in [0, 0.05) is 16.5 Å². The third-order valence-electron chi connectivity index (χ3n) is 2.60. The minimum Gasteiger partial charge on any atom is -0.499 e. The molecule has 0 aliphatic heterocycles. The van der Waals surface area contributed by atoms with Gasteiger partial charge in [0.05, 0.1) is 0 Å². The first-order valence-electron chi connectivity index (χ1n) is 7.09. The van der Waals surface area contributed by atoms with Gasteiger partial charge in [-0.15, -0.1) is 11.6 Å². The molecule has 0 bridgehead atoms. The fraction of sp³-hybridized carbons (Fsp3) is 0.222. The molecule has 2 N–H and O–H groups in total. The third-order valence-corrected chi connectivity index (χ3v) is 3.38. The van der Waals surface area contributed by atoms with Crippen molar-refractivity contribution in [1.29, 1.82) is 0 Å². The molecule has 0 aliphatic carbocycles. The predicted molar refractivity (Wildman–Crippen MR) is 107 cm³/mol. The Morgan fingerprint density at radius 3 is 1.26 bits per heavy atom. The van der Waals surface area contributed by atoms with Gasteiger partial charge in [0.15, 0.2) is 10.1 Å². The van der Waals surface area contributed by atoms with Crippen LogP contribution in [-0.2, 0) is 0 Å². The normalized spacial score (nSPS) is 10.2. The van der Waals surface area contributed by atoms with Crippen LogP contribution in [0.25, 0.3) is 0 Å². The Labute approximate surface area is 153 Å². The van der Waals surface area contributed by atoms with Crippen LogP contribution in [0.1, 0.15) is 31.4 Å². The molecular weight excluding hydrogens is 348 g/mol. The van der Waals surface area contributed by atoms with Crippen molar-refractivity contribution in [3.63, 3.8) is 0 Å². The molecule has 0 aliphatic rings. The molecule has 2 aromatic rings. The Balaban J connectivity index is 0.000000332. The summed E-state index contributed by atoms with van der Waals surface area (Å²) in [7, 11) is 0. The van der Waals surface area contributed by atoms with Gasteiger partial charge >= 0.3 is 0 Å². The highest BCUT2D eigenvalue weighted by molar-refractivity contribution is 7.80. The molecule has 2 nitrogen and oxygen atoms in total. The zero-order chi connectivity index (χ0) is 17.7. The Bertz CT molecular complexity index is 523. The minimum absolute atomic E-state index is 0.0457. The zero-order valence-electron chi connectivity index (χ0n) is 13.1. The second-order valence-corrected chi connectivity index (χ2v) is 6.05. The van der Waals surface area contributed by atoms with Crippen molar-refractivity contribution in [2.75, 3.05) is 0 Å². The van der Waals surface area contributed by atoms with Crippen molar-refractivity contribution in [2.24, 2.45) is 0 Å². The van der Waals surface area contributed by atoms with Crippen molar-refractivity contribution >= 4 is 46.1 Å². The molecule has 0 aromatic heterocycles.